The number of aromatic nitrogens is 3. The van der Waals surface area contributed by atoms with E-state index >= 15 is 0 Å². The van der Waals surface area contributed by atoms with Crippen molar-refractivity contribution in [2.24, 2.45) is 11.8 Å². The Balaban J connectivity index is 2.11. The molecule has 0 radical (unpaired) electrons. The molecule has 4 nitrogen and oxygen atoms in total. The molecule has 0 saturated heterocycles. The number of hydrogen-bond acceptors (Lipinski definition) is 3. The van der Waals surface area contributed by atoms with Crippen LogP contribution >= 0.6 is 0 Å². The smallest absolute Gasteiger partial charge is 0.185 e. The summed E-state index contributed by atoms with van der Waals surface area (Å²) in [6.45, 7) is 5.08. The van der Waals surface area contributed by atoms with Crippen LogP contribution in [0.15, 0.2) is 6.20 Å². The molecule has 0 bridgehead atoms. The monoisotopic (exact) mass is 221 g/mol. The van der Waals surface area contributed by atoms with Gasteiger partial charge in [0.25, 0.3) is 0 Å². The first kappa shape index (κ1) is 11.3. The SMILES string of the molecule is CCCn1nncc1C(=O)C1CCC(C)C1. The van der Waals surface area contributed by atoms with Crippen LogP contribution in [-0.2, 0) is 6.54 Å². The van der Waals surface area contributed by atoms with Crippen LogP contribution in [0.5, 0.6) is 0 Å². The molecule has 16 heavy (non-hydrogen) atoms. The second-order valence-electron chi connectivity index (χ2n) is 4.82. The molecule has 1 aliphatic rings. The summed E-state index contributed by atoms with van der Waals surface area (Å²) in [5, 5.41) is 7.81. The minimum absolute atomic E-state index is 0.198. The first-order valence-corrected chi connectivity index (χ1v) is 6.15. The minimum Gasteiger partial charge on any atom is -0.292 e. The van der Waals surface area contributed by atoms with E-state index < -0.39 is 0 Å². The molecular weight excluding hydrogens is 202 g/mol. The summed E-state index contributed by atoms with van der Waals surface area (Å²) in [4.78, 5) is 12.2. The lowest BCUT2D eigenvalue weighted by atomic mass is 9.99. The van der Waals surface area contributed by atoms with E-state index in [1.54, 1.807) is 10.9 Å². The maximum absolute atomic E-state index is 12.2. The number of nitrogens with zero attached hydrogens (tertiary/aromatic N) is 3. The third kappa shape index (κ3) is 2.15. The van der Waals surface area contributed by atoms with E-state index in [1.165, 1.54) is 6.42 Å². The average Bonchev–Trinajstić information content (AvgIpc) is 2.87. The maximum Gasteiger partial charge on any atom is 0.185 e. The molecule has 0 aliphatic heterocycles. The zero-order valence-electron chi connectivity index (χ0n) is 10.0. The number of carbonyl (C=O) groups excluding carboxylic acids is 1. The van der Waals surface area contributed by atoms with Crippen molar-refractivity contribution in [3.8, 4) is 0 Å². The first-order chi connectivity index (χ1) is 7.72. The van der Waals surface area contributed by atoms with Gasteiger partial charge in [0.1, 0.15) is 5.69 Å². The van der Waals surface area contributed by atoms with Gasteiger partial charge in [-0.05, 0) is 31.6 Å². The molecule has 0 aromatic carbocycles. The van der Waals surface area contributed by atoms with Crippen LogP contribution in [-0.4, -0.2) is 20.8 Å². The molecule has 2 rings (SSSR count). The molecule has 1 fully saturated rings. The molecule has 4 heteroatoms. The molecule has 0 spiro atoms. The van der Waals surface area contributed by atoms with E-state index in [0.717, 1.165) is 25.8 Å². The number of Topliss-reactive ketones (excluding diaryl/α,β-unsaturated/α-hetero) is 1. The summed E-state index contributed by atoms with van der Waals surface area (Å²) >= 11 is 0. The lowest BCUT2D eigenvalue weighted by Gasteiger charge is -2.09. The van der Waals surface area contributed by atoms with Crippen molar-refractivity contribution in [2.75, 3.05) is 0 Å². The molecular formula is C12H19N3O. The second-order valence-corrected chi connectivity index (χ2v) is 4.82. The van der Waals surface area contributed by atoms with Crippen molar-refractivity contribution >= 4 is 5.78 Å². The van der Waals surface area contributed by atoms with Gasteiger partial charge in [-0.25, -0.2) is 4.68 Å². The van der Waals surface area contributed by atoms with Crippen molar-refractivity contribution in [3.05, 3.63) is 11.9 Å². The number of aryl methyl sites for hydroxylation is 1. The Labute approximate surface area is 96.0 Å². The summed E-state index contributed by atoms with van der Waals surface area (Å²) < 4.78 is 1.74. The topological polar surface area (TPSA) is 47.8 Å². The number of rotatable bonds is 4. The van der Waals surface area contributed by atoms with Crippen LogP contribution in [0.25, 0.3) is 0 Å². The van der Waals surface area contributed by atoms with Crippen LogP contribution in [0.4, 0.5) is 0 Å². The molecule has 88 valence electrons. The van der Waals surface area contributed by atoms with Gasteiger partial charge in [-0.3, -0.25) is 4.79 Å². The van der Waals surface area contributed by atoms with Gasteiger partial charge in [-0.2, -0.15) is 0 Å². The van der Waals surface area contributed by atoms with E-state index in [9.17, 15) is 4.79 Å². The van der Waals surface area contributed by atoms with E-state index in [2.05, 4.69) is 24.2 Å². The Bertz CT molecular complexity index is 372. The van der Waals surface area contributed by atoms with Gasteiger partial charge in [0.2, 0.25) is 0 Å². The molecule has 1 aromatic heterocycles. The summed E-state index contributed by atoms with van der Waals surface area (Å²) in [6, 6.07) is 0. The van der Waals surface area contributed by atoms with Crippen molar-refractivity contribution in [1.29, 1.82) is 0 Å². The van der Waals surface area contributed by atoms with Crippen LogP contribution in [0.3, 0.4) is 0 Å². The van der Waals surface area contributed by atoms with Gasteiger partial charge >= 0.3 is 0 Å². The van der Waals surface area contributed by atoms with Gasteiger partial charge in [-0.1, -0.05) is 19.1 Å². The predicted molar refractivity (Wildman–Crippen MR) is 61.1 cm³/mol. The highest BCUT2D eigenvalue weighted by Crippen LogP contribution is 2.32. The molecule has 2 atom stereocenters. The van der Waals surface area contributed by atoms with Gasteiger partial charge in [0, 0.05) is 12.5 Å². The first-order valence-electron chi connectivity index (χ1n) is 6.15. The van der Waals surface area contributed by atoms with Crippen molar-refractivity contribution < 1.29 is 4.79 Å². The van der Waals surface area contributed by atoms with E-state index in [0.29, 0.717) is 11.6 Å². The highest BCUT2D eigenvalue weighted by atomic mass is 16.1. The lowest BCUT2D eigenvalue weighted by molar-refractivity contribution is 0.0909. The summed E-state index contributed by atoms with van der Waals surface area (Å²) in [5.41, 5.74) is 0.695. The van der Waals surface area contributed by atoms with E-state index in [1.807, 2.05) is 0 Å². The fraction of sp³-hybridized carbons (Fsp3) is 0.750. The molecule has 1 heterocycles. The largest absolute Gasteiger partial charge is 0.292 e. The van der Waals surface area contributed by atoms with Crippen LogP contribution in [0.1, 0.15) is 50.0 Å². The average molecular weight is 221 g/mol. The van der Waals surface area contributed by atoms with E-state index in [-0.39, 0.29) is 11.7 Å². The Hall–Kier alpha value is -1.19. The molecule has 1 aliphatic carbocycles. The van der Waals surface area contributed by atoms with Crippen molar-refractivity contribution in [1.82, 2.24) is 15.0 Å². The lowest BCUT2D eigenvalue weighted by Crippen LogP contribution is -2.17. The van der Waals surface area contributed by atoms with Gasteiger partial charge in [0.15, 0.2) is 5.78 Å². The highest BCUT2D eigenvalue weighted by Gasteiger charge is 2.29. The molecule has 2 unspecified atom stereocenters. The Morgan fingerprint density at radius 1 is 1.56 bits per heavy atom. The Kier molecular flexibility index (Phi) is 3.36. The molecule has 0 N–H and O–H groups in total. The number of hydrogen-bond donors (Lipinski definition) is 0. The zero-order valence-corrected chi connectivity index (χ0v) is 10.0. The molecule has 0 amide bonds. The third-order valence-corrected chi connectivity index (χ3v) is 3.37. The van der Waals surface area contributed by atoms with Crippen LogP contribution < -0.4 is 0 Å². The molecule has 1 aromatic rings. The fourth-order valence-electron chi connectivity index (χ4n) is 2.48. The van der Waals surface area contributed by atoms with Gasteiger partial charge in [0.05, 0.1) is 6.20 Å². The number of ketones is 1. The maximum atomic E-state index is 12.2. The van der Waals surface area contributed by atoms with E-state index in [4.69, 9.17) is 0 Å². The minimum atomic E-state index is 0.198. The highest BCUT2D eigenvalue weighted by molar-refractivity contribution is 5.96. The van der Waals surface area contributed by atoms with Crippen molar-refractivity contribution in [2.45, 2.75) is 46.1 Å². The van der Waals surface area contributed by atoms with Gasteiger partial charge < -0.3 is 0 Å². The standard InChI is InChI=1S/C12H19N3O/c1-3-6-15-11(8-13-14-15)12(16)10-5-4-9(2)7-10/h8-10H,3-7H2,1-2H3. The normalized spacial score (nSPS) is 24.9. The second kappa shape index (κ2) is 4.76. The predicted octanol–water partition coefficient (Wildman–Crippen LogP) is 2.31. The quantitative estimate of drug-likeness (QED) is 0.733. The number of carbonyl (C=O) groups is 1. The summed E-state index contributed by atoms with van der Waals surface area (Å²) in [6.07, 6.45) is 5.81. The zero-order chi connectivity index (χ0) is 11.5. The Morgan fingerprint density at radius 3 is 3.00 bits per heavy atom. The molecule has 1 saturated carbocycles. The van der Waals surface area contributed by atoms with Gasteiger partial charge in [-0.15, -0.1) is 5.10 Å². The Morgan fingerprint density at radius 2 is 2.38 bits per heavy atom. The third-order valence-electron chi connectivity index (χ3n) is 3.37. The summed E-state index contributed by atoms with van der Waals surface area (Å²) in [5.74, 6) is 1.12. The summed E-state index contributed by atoms with van der Waals surface area (Å²) in [7, 11) is 0. The van der Waals surface area contributed by atoms with Crippen LogP contribution in [0.2, 0.25) is 0 Å². The fourth-order valence-corrected chi connectivity index (χ4v) is 2.48. The van der Waals surface area contributed by atoms with Crippen LogP contribution in [0, 0.1) is 11.8 Å². The van der Waals surface area contributed by atoms with Crippen molar-refractivity contribution in [3.63, 3.8) is 0 Å².